The van der Waals surface area contributed by atoms with Crippen LogP contribution in [0.4, 0.5) is 0 Å². The second-order valence-corrected chi connectivity index (χ2v) is 8.34. The van der Waals surface area contributed by atoms with Gasteiger partial charge in [0.05, 0.1) is 24.3 Å². The average molecular weight is 445 g/mol. The number of hydrogen-bond acceptors (Lipinski definition) is 4. The number of hydrogen-bond donors (Lipinski definition) is 4. The lowest BCUT2D eigenvalue weighted by molar-refractivity contribution is 0.0910. The van der Waals surface area contributed by atoms with Crippen LogP contribution >= 0.6 is 0 Å². The van der Waals surface area contributed by atoms with Crippen molar-refractivity contribution in [3.05, 3.63) is 84.1 Å². The highest BCUT2D eigenvalue weighted by Gasteiger charge is 2.20. The molecule has 33 heavy (non-hydrogen) atoms. The van der Waals surface area contributed by atoms with Gasteiger partial charge in [0.15, 0.2) is 0 Å². The molecule has 0 aliphatic carbocycles. The van der Waals surface area contributed by atoms with Gasteiger partial charge in [0.2, 0.25) is 0 Å². The summed E-state index contributed by atoms with van der Waals surface area (Å²) in [4.78, 5) is 16.5. The summed E-state index contributed by atoms with van der Waals surface area (Å²) in [6.45, 7) is 3.62. The third kappa shape index (κ3) is 5.18. The number of carbonyl (C=O) groups excluding carboxylic acids is 1. The van der Waals surface area contributed by atoms with Crippen LogP contribution in [-0.4, -0.2) is 39.9 Å². The van der Waals surface area contributed by atoms with Crippen LogP contribution in [0.1, 0.15) is 29.8 Å². The lowest BCUT2D eigenvalue weighted by Crippen LogP contribution is -2.39. The Labute approximate surface area is 192 Å². The Morgan fingerprint density at radius 1 is 1.03 bits per heavy atom. The quantitative estimate of drug-likeness (QED) is 0.318. The number of fused-ring (bicyclic) bond motifs is 1. The Morgan fingerprint density at radius 2 is 1.76 bits per heavy atom. The highest BCUT2D eigenvalue weighted by Crippen LogP contribution is 2.29. The molecule has 1 amide bonds. The zero-order valence-corrected chi connectivity index (χ0v) is 18.7. The molecular weight excluding hydrogens is 416 g/mol. The predicted octanol–water partition coefficient (Wildman–Crippen LogP) is 4.66. The Morgan fingerprint density at radius 3 is 2.48 bits per heavy atom. The molecule has 1 aromatic heterocycles. The molecule has 4 N–H and O–H groups in total. The monoisotopic (exact) mass is 444 g/mol. The summed E-state index contributed by atoms with van der Waals surface area (Å²) in [7, 11) is 0. The van der Waals surface area contributed by atoms with Gasteiger partial charge in [-0.25, -0.2) is 0 Å². The van der Waals surface area contributed by atoms with E-state index in [9.17, 15) is 15.0 Å². The van der Waals surface area contributed by atoms with Gasteiger partial charge in [-0.05, 0) is 67.3 Å². The number of phenols is 1. The van der Waals surface area contributed by atoms with Gasteiger partial charge in [0.25, 0.3) is 5.91 Å². The fraction of sp³-hybridized carbons (Fsp3) is 0.222. The smallest absolute Gasteiger partial charge is 0.255 e. The van der Waals surface area contributed by atoms with Gasteiger partial charge in [-0.15, -0.1) is 0 Å². The first-order chi connectivity index (χ1) is 15.9. The standard InChI is InChI=1S/C27H28N2O4/c1-17(2)33-26-12-9-19(18-7-10-22(31)11-8-18)14-24(26)27(32)29-21(16-30)13-20-15-28-25-6-4-3-5-23(20)25/h3-12,14-15,17,21,28,30-31H,13,16H2,1-2H3,(H,29,32)/t21-/m1/s1. The van der Waals surface area contributed by atoms with Crippen LogP contribution in [0, 0.1) is 0 Å². The number of ether oxygens (including phenoxy) is 1. The predicted molar refractivity (Wildman–Crippen MR) is 130 cm³/mol. The number of H-pyrrole nitrogens is 1. The number of aliphatic hydroxyl groups excluding tert-OH is 1. The maximum Gasteiger partial charge on any atom is 0.255 e. The molecular formula is C27H28N2O4. The van der Waals surface area contributed by atoms with Crippen molar-refractivity contribution in [2.45, 2.75) is 32.4 Å². The van der Waals surface area contributed by atoms with E-state index < -0.39 is 6.04 Å². The number of carbonyl (C=O) groups is 1. The molecule has 0 saturated heterocycles. The van der Waals surface area contributed by atoms with E-state index in [2.05, 4.69) is 10.3 Å². The molecule has 0 aliphatic heterocycles. The fourth-order valence-corrected chi connectivity index (χ4v) is 3.89. The van der Waals surface area contributed by atoms with Crippen LogP contribution in [0.2, 0.25) is 0 Å². The van der Waals surface area contributed by atoms with Gasteiger partial charge in [-0.3, -0.25) is 4.79 Å². The van der Waals surface area contributed by atoms with Crippen molar-refractivity contribution in [3.63, 3.8) is 0 Å². The van der Waals surface area contributed by atoms with E-state index in [4.69, 9.17) is 4.74 Å². The van der Waals surface area contributed by atoms with Crippen molar-refractivity contribution in [2.24, 2.45) is 0 Å². The van der Waals surface area contributed by atoms with Gasteiger partial charge in [-0.2, -0.15) is 0 Å². The Balaban J connectivity index is 1.60. The number of amides is 1. The van der Waals surface area contributed by atoms with Crippen molar-refractivity contribution >= 4 is 16.8 Å². The minimum absolute atomic E-state index is 0.101. The maximum absolute atomic E-state index is 13.3. The summed E-state index contributed by atoms with van der Waals surface area (Å²) in [5, 5.41) is 23.6. The highest BCUT2D eigenvalue weighted by molar-refractivity contribution is 5.98. The fourth-order valence-electron chi connectivity index (χ4n) is 3.89. The largest absolute Gasteiger partial charge is 0.508 e. The number of rotatable bonds is 8. The number of para-hydroxylation sites is 1. The van der Waals surface area contributed by atoms with Gasteiger partial charge in [0.1, 0.15) is 11.5 Å². The molecule has 1 atom stereocenters. The first-order valence-corrected chi connectivity index (χ1v) is 11.0. The molecule has 6 heteroatoms. The van der Waals surface area contributed by atoms with Crippen LogP contribution in [0.15, 0.2) is 72.9 Å². The second kappa shape index (κ2) is 9.79. The number of aromatic amines is 1. The lowest BCUT2D eigenvalue weighted by Gasteiger charge is -2.19. The zero-order chi connectivity index (χ0) is 23.4. The number of aromatic hydroxyl groups is 1. The van der Waals surface area contributed by atoms with Gasteiger partial charge in [0, 0.05) is 17.1 Å². The van der Waals surface area contributed by atoms with E-state index in [-0.39, 0.29) is 24.4 Å². The number of aromatic nitrogens is 1. The van der Waals surface area contributed by atoms with Gasteiger partial charge < -0.3 is 25.3 Å². The second-order valence-electron chi connectivity index (χ2n) is 8.34. The van der Waals surface area contributed by atoms with Gasteiger partial charge >= 0.3 is 0 Å². The summed E-state index contributed by atoms with van der Waals surface area (Å²) in [6, 6.07) is 19.7. The topological polar surface area (TPSA) is 94.6 Å². The third-order valence-electron chi connectivity index (χ3n) is 5.48. The molecule has 170 valence electrons. The van der Waals surface area contributed by atoms with Crippen LogP contribution in [-0.2, 0) is 6.42 Å². The number of nitrogens with one attached hydrogen (secondary N) is 2. The number of phenolic OH excluding ortho intramolecular Hbond substituents is 1. The molecule has 0 unspecified atom stereocenters. The first-order valence-electron chi connectivity index (χ1n) is 11.0. The van der Waals surface area contributed by atoms with Crippen molar-refractivity contribution < 1.29 is 19.7 Å². The van der Waals surface area contributed by atoms with E-state index in [1.165, 1.54) is 0 Å². The molecule has 4 aromatic rings. The van der Waals surface area contributed by atoms with Crippen molar-refractivity contribution in [2.75, 3.05) is 6.61 Å². The van der Waals surface area contributed by atoms with Crippen LogP contribution < -0.4 is 10.1 Å². The van der Waals surface area contributed by atoms with Gasteiger partial charge in [-0.1, -0.05) is 36.4 Å². The van der Waals surface area contributed by atoms with E-state index >= 15 is 0 Å². The lowest BCUT2D eigenvalue weighted by atomic mass is 10.0. The van der Waals surface area contributed by atoms with E-state index in [0.717, 1.165) is 27.6 Å². The molecule has 0 saturated carbocycles. The van der Waals surface area contributed by atoms with Crippen molar-refractivity contribution in [1.82, 2.24) is 10.3 Å². The SMILES string of the molecule is CC(C)Oc1ccc(-c2ccc(O)cc2)cc1C(=O)N[C@@H](CO)Cc1c[nH]c2ccccc12. The summed E-state index contributed by atoms with van der Waals surface area (Å²) in [5.74, 6) is 0.346. The van der Waals surface area contributed by atoms with E-state index in [1.54, 1.807) is 36.4 Å². The van der Waals surface area contributed by atoms with E-state index in [0.29, 0.717) is 17.7 Å². The molecule has 0 aliphatic rings. The number of benzene rings is 3. The molecule has 6 nitrogen and oxygen atoms in total. The Bertz CT molecular complexity index is 1240. The minimum Gasteiger partial charge on any atom is -0.508 e. The molecule has 0 bridgehead atoms. The molecule has 0 fully saturated rings. The normalized spacial score (nSPS) is 12.1. The van der Waals surface area contributed by atoms with E-state index in [1.807, 2.05) is 50.4 Å². The number of aliphatic hydroxyl groups is 1. The maximum atomic E-state index is 13.3. The first kappa shape index (κ1) is 22.4. The van der Waals surface area contributed by atoms with Crippen LogP contribution in [0.25, 0.3) is 22.0 Å². The van der Waals surface area contributed by atoms with Crippen molar-refractivity contribution in [3.8, 4) is 22.6 Å². The minimum atomic E-state index is -0.457. The van der Waals surface area contributed by atoms with Crippen molar-refractivity contribution in [1.29, 1.82) is 0 Å². The summed E-state index contributed by atoms with van der Waals surface area (Å²) < 4.78 is 5.89. The molecule has 4 rings (SSSR count). The molecule has 0 radical (unpaired) electrons. The molecule has 3 aromatic carbocycles. The third-order valence-corrected chi connectivity index (χ3v) is 5.48. The molecule has 1 heterocycles. The van der Waals surface area contributed by atoms with Crippen LogP contribution in [0.3, 0.4) is 0 Å². The Hall–Kier alpha value is -3.77. The van der Waals surface area contributed by atoms with Crippen LogP contribution in [0.5, 0.6) is 11.5 Å². The average Bonchev–Trinajstić information content (AvgIpc) is 3.22. The Kier molecular flexibility index (Phi) is 6.66. The zero-order valence-electron chi connectivity index (χ0n) is 18.7. The molecule has 0 spiro atoms. The summed E-state index contributed by atoms with van der Waals surface area (Å²) in [5.41, 5.74) is 4.14. The summed E-state index contributed by atoms with van der Waals surface area (Å²) >= 11 is 0. The summed E-state index contributed by atoms with van der Waals surface area (Å²) in [6.07, 6.45) is 2.30. The highest BCUT2D eigenvalue weighted by atomic mass is 16.5.